The van der Waals surface area contributed by atoms with Crippen LogP contribution >= 0.6 is 11.6 Å². The predicted octanol–water partition coefficient (Wildman–Crippen LogP) is 2.18. The van der Waals surface area contributed by atoms with Gasteiger partial charge in [-0.15, -0.1) is 0 Å². The molecular formula is C8H6ClFO2. The van der Waals surface area contributed by atoms with E-state index >= 15 is 0 Å². The Kier molecular flexibility index (Phi) is 3.05. The van der Waals surface area contributed by atoms with E-state index in [1.807, 2.05) is 0 Å². The van der Waals surface area contributed by atoms with Crippen molar-refractivity contribution in [3.8, 4) is 0 Å². The number of halogens is 2. The van der Waals surface area contributed by atoms with Crippen molar-refractivity contribution in [1.82, 2.24) is 0 Å². The minimum Gasteiger partial charge on any atom is -0.446 e. The fraction of sp³-hybridized carbons (Fsp3) is 0.125. The Morgan fingerprint density at radius 2 is 2.00 bits per heavy atom. The van der Waals surface area contributed by atoms with Gasteiger partial charge in [0.1, 0.15) is 5.82 Å². The average Bonchev–Trinajstić information content (AvgIpc) is 2.06. The molecule has 0 amide bonds. The number of hydrogen-bond donors (Lipinski definition) is 0. The van der Waals surface area contributed by atoms with Crippen molar-refractivity contribution in [1.29, 1.82) is 0 Å². The van der Waals surface area contributed by atoms with Crippen LogP contribution in [0.25, 0.3) is 0 Å². The van der Waals surface area contributed by atoms with Gasteiger partial charge in [0.2, 0.25) is 0 Å². The highest BCUT2D eigenvalue weighted by Gasteiger charge is 2.04. The van der Waals surface area contributed by atoms with Crippen LogP contribution in [-0.4, -0.2) is 12.0 Å². The summed E-state index contributed by atoms with van der Waals surface area (Å²) < 4.78 is 16.8. The Hall–Kier alpha value is -1.09. The van der Waals surface area contributed by atoms with Crippen molar-refractivity contribution in [2.75, 3.05) is 6.07 Å². The molecule has 0 heterocycles. The molecule has 0 saturated heterocycles. The summed E-state index contributed by atoms with van der Waals surface area (Å²) in [5, 5.41) is 0. The zero-order valence-electron chi connectivity index (χ0n) is 6.09. The molecule has 0 fully saturated rings. The molecule has 0 aliphatic carbocycles. The molecule has 0 aliphatic heterocycles. The summed E-state index contributed by atoms with van der Waals surface area (Å²) in [6.45, 7) is 0. The minimum atomic E-state index is -0.551. The zero-order chi connectivity index (χ0) is 8.97. The summed E-state index contributed by atoms with van der Waals surface area (Å²) in [4.78, 5) is 10.9. The van der Waals surface area contributed by atoms with E-state index in [1.54, 1.807) is 0 Å². The number of ether oxygens (including phenoxy) is 1. The molecule has 0 N–H and O–H groups in total. The summed E-state index contributed by atoms with van der Waals surface area (Å²) in [6, 6.07) is 4.85. The number of benzene rings is 1. The van der Waals surface area contributed by atoms with E-state index in [9.17, 15) is 9.18 Å². The van der Waals surface area contributed by atoms with E-state index in [2.05, 4.69) is 4.74 Å². The monoisotopic (exact) mass is 188 g/mol. The summed E-state index contributed by atoms with van der Waals surface area (Å²) in [6.07, 6.45) is 0. The second kappa shape index (κ2) is 4.07. The van der Waals surface area contributed by atoms with Crippen LogP contribution in [0.2, 0.25) is 0 Å². The lowest BCUT2D eigenvalue weighted by Crippen LogP contribution is -2.03. The fourth-order valence-corrected chi connectivity index (χ4v) is 0.818. The second-order valence-electron chi connectivity index (χ2n) is 2.05. The topological polar surface area (TPSA) is 26.3 Å². The Bertz CT molecular complexity index is 271. The number of carbonyl (C=O) groups is 1. The van der Waals surface area contributed by atoms with Crippen LogP contribution in [0.1, 0.15) is 10.4 Å². The van der Waals surface area contributed by atoms with Crippen LogP contribution in [0.3, 0.4) is 0 Å². The molecule has 0 saturated carbocycles. The molecule has 0 unspecified atom stereocenters. The molecule has 4 heteroatoms. The second-order valence-corrected chi connectivity index (χ2v) is 2.27. The molecule has 0 aliphatic rings. The zero-order valence-corrected chi connectivity index (χ0v) is 6.84. The lowest BCUT2D eigenvalue weighted by Gasteiger charge is -1.98. The molecule has 0 aromatic heterocycles. The average molecular weight is 189 g/mol. The standard InChI is InChI=1S/C8H6ClFO2/c9-5-12-8(11)6-1-3-7(10)4-2-6/h1-4H,5H2. The van der Waals surface area contributed by atoms with E-state index in [1.165, 1.54) is 24.3 Å². The molecule has 1 aromatic rings. The first-order valence-electron chi connectivity index (χ1n) is 3.22. The van der Waals surface area contributed by atoms with Crippen molar-refractivity contribution in [3.63, 3.8) is 0 Å². The number of rotatable bonds is 2. The highest BCUT2D eigenvalue weighted by Crippen LogP contribution is 2.04. The Morgan fingerprint density at radius 3 is 2.50 bits per heavy atom. The van der Waals surface area contributed by atoms with Gasteiger partial charge in [-0.3, -0.25) is 0 Å². The maximum absolute atomic E-state index is 12.4. The first-order chi connectivity index (χ1) is 5.74. The summed E-state index contributed by atoms with van der Waals surface area (Å²) in [7, 11) is 0. The smallest absolute Gasteiger partial charge is 0.339 e. The van der Waals surface area contributed by atoms with Gasteiger partial charge < -0.3 is 4.74 Å². The Labute approximate surface area is 73.9 Å². The van der Waals surface area contributed by atoms with E-state index in [0.29, 0.717) is 0 Å². The first-order valence-corrected chi connectivity index (χ1v) is 3.76. The molecule has 64 valence electrons. The highest BCUT2D eigenvalue weighted by molar-refractivity contribution is 6.17. The highest BCUT2D eigenvalue weighted by atomic mass is 35.5. The molecule has 0 bridgehead atoms. The first kappa shape index (κ1) is 9.00. The number of esters is 1. The van der Waals surface area contributed by atoms with Crippen LogP contribution in [0.5, 0.6) is 0 Å². The van der Waals surface area contributed by atoms with Crippen molar-refractivity contribution >= 4 is 17.6 Å². The van der Waals surface area contributed by atoms with Crippen LogP contribution in [0, 0.1) is 5.82 Å². The van der Waals surface area contributed by atoms with Crippen molar-refractivity contribution < 1.29 is 13.9 Å². The van der Waals surface area contributed by atoms with Gasteiger partial charge in [-0.05, 0) is 24.3 Å². The van der Waals surface area contributed by atoms with Gasteiger partial charge in [-0.1, -0.05) is 11.6 Å². The number of alkyl halides is 1. The van der Waals surface area contributed by atoms with E-state index < -0.39 is 11.8 Å². The molecule has 1 rings (SSSR count). The maximum Gasteiger partial charge on any atom is 0.339 e. The van der Waals surface area contributed by atoms with Gasteiger partial charge in [-0.25, -0.2) is 9.18 Å². The van der Waals surface area contributed by atoms with Crippen molar-refractivity contribution in [3.05, 3.63) is 35.6 Å². The third kappa shape index (κ3) is 2.20. The van der Waals surface area contributed by atoms with Crippen molar-refractivity contribution in [2.45, 2.75) is 0 Å². The molecule has 2 nitrogen and oxygen atoms in total. The van der Waals surface area contributed by atoms with Crippen LogP contribution in [0.15, 0.2) is 24.3 Å². The Morgan fingerprint density at radius 1 is 1.42 bits per heavy atom. The van der Waals surface area contributed by atoms with Gasteiger partial charge in [0, 0.05) is 0 Å². The molecule has 0 radical (unpaired) electrons. The number of carbonyl (C=O) groups excluding carboxylic acids is 1. The minimum absolute atomic E-state index is 0.198. The van der Waals surface area contributed by atoms with Gasteiger partial charge in [0.25, 0.3) is 0 Å². The number of hydrogen-bond acceptors (Lipinski definition) is 2. The summed E-state index contributed by atoms with van der Waals surface area (Å²) in [5.74, 6) is -0.942. The Balaban J connectivity index is 2.75. The maximum atomic E-state index is 12.4. The summed E-state index contributed by atoms with van der Waals surface area (Å²) in [5.41, 5.74) is 0.289. The van der Waals surface area contributed by atoms with Gasteiger partial charge in [0.05, 0.1) is 5.56 Å². The molecule has 0 atom stereocenters. The largest absolute Gasteiger partial charge is 0.446 e. The van der Waals surface area contributed by atoms with E-state index in [-0.39, 0.29) is 11.6 Å². The lowest BCUT2D eigenvalue weighted by molar-refractivity contribution is 0.0574. The quantitative estimate of drug-likeness (QED) is 0.525. The van der Waals surface area contributed by atoms with Crippen LogP contribution in [0.4, 0.5) is 4.39 Å². The third-order valence-electron chi connectivity index (χ3n) is 1.27. The van der Waals surface area contributed by atoms with Gasteiger partial charge >= 0.3 is 5.97 Å². The van der Waals surface area contributed by atoms with Gasteiger partial charge in [-0.2, -0.15) is 0 Å². The van der Waals surface area contributed by atoms with E-state index in [0.717, 1.165) is 0 Å². The van der Waals surface area contributed by atoms with Crippen LogP contribution in [-0.2, 0) is 4.74 Å². The van der Waals surface area contributed by atoms with Crippen molar-refractivity contribution in [2.24, 2.45) is 0 Å². The third-order valence-corrected chi connectivity index (χ3v) is 1.37. The van der Waals surface area contributed by atoms with E-state index in [4.69, 9.17) is 11.6 Å². The molecule has 12 heavy (non-hydrogen) atoms. The van der Waals surface area contributed by atoms with Crippen LogP contribution < -0.4 is 0 Å². The lowest BCUT2D eigenvalue weighted by atomic mass is 10.2. The molecular weight excluding hydrogens is 183 g/mol. The van der Waals surface area contributed by atoms with Gasteiger partial charge in [0.15, 0.2) is 6.07 Å². The normalized spacial score (nSPS) is 9.50. The molecule has 0 spiro atoms. The predicted molar refractivity (Wildman–Crippen MR) is 42.5 cm³/mol. The fourth-order valence-electron chi connectivity index (χ4n) is 0.719. The summed E-state index contributed by atoms with van der Waals surface area (Å²) >= 11 is 5.16. The molecule has 1 aromatic carbocycles. The SMILES string of the molecule is O=C(OCCl)c1ccc(F)cc1.